The van der Waals surface area contributed by atoms with E-state index in [0.717, 1.165) is 5.56 Å². The van der Waals surface area contributed by atoms with Crippen molar-refractivity contribution in [3.8, 4) is 11.5 Å². The number of nitrogens with two attached hydrogens (primary N) is 1. The zero-order valence-electron chi connectivity index (χ0n) is 11.7. The molecule has 106 valence electrons. The molecule has 0 aliphatic carbocycles. The van der Waals surface area contributed by atoms with Crippen LogP contribution < -0.4 is 15.2 Å². The molecule has 1 aromatic rings. The number of hydrogen-bond acceptors (Lipinski definition) is 5. The minimum Gasteiger partial charge on any atom is -0.493 e. The molecule has 0 aliphatic heterocycles. The molecule has 19 heavy (non-hydrogen) atoms. The van der Waals surface area contributed by atoms with Gasteiger partial charge in [0.1, 0.15) is 0 Å². The first-order chi connectivity index (χ1) is 8.96. The van der Waals surface area contributed by atoms with Crippen molar-refractivity contribution in [3.05, 3.63) is 27.8 Å². The fourth-order valence-electron chi connectivity index (χ4n) is 2.11. The molecule has 0 radical (unpaired) electrons. The van der Waals surface area contributed by atoms with E-state index in [2.05, 4.69) is 0 Å². The third kappa shape index (κ3) is 3.14. The van der Waals surface area contributed by atoms with Crippen LogP contribution in [-0.4, -0.2) is 25.7 Å². The van der Waals surface area contributed by atoms with Crippen molar-refractivity contribution in [2.75, 3.05) is 20.8 Å². The molecule has 0 fully saturated rings. The summed E-state index contributed by atoms with van der Waals surface area (Å²) in [5, 5.41) is 11.1. The van der Waals surface area contributed by atoms with Gasteiger partial charge in [-0.05, 0) is 30.0 Å². The summed E-state index contributed by atoms with van der Waals surface area (Å²) in [4.78, 5) is 10.6. The lowest BCUT2D eigenvalue weighted by Gasteiger charge is -2.20. The zero-order valence-corrected chi connectivity index (χ0v) is 11.7. The van der Waals surface area contributed by atoms with Gasteiger partial charge in [0.15, 0.2) is 5.75 Å². The van der Waals surface area contributed by atoms with Crippen LogP contribution in [-0.2, 0) is 0 Å². The van der Waals surface area contributed by atoms with Crippen molar-refractivity contribution in [2.24, 2.45) is 11.7 Å². The Morgan fingerprint density at radius 2 is 1.95 bits per heavy atom. The van der Waals surface area contributed by atoms with Crippen molar-refractivity contribution >= 4 is 5.69 Å². The lowest BCUT2D eigenvalue weighted by atomic mass is 9.88. The predicted molar refractivity (Wildman–Crippen MR) is 72.8 cm³/mol. The van der Waals surface area contributed by atoms with Crippen molar-refractivity contribution in [1.29, 1.82) is 0 Å². The van der Waals surface area contributed by atoms with Crippen molar-refractivity contribution in [2.45, 2.75) is 19.8 Å². The summed E-state index contributed by atoms with van der Waals surface area (Å²) in [6, 6.07) is 3.27. The molecule has 0 heterocycles. The maximum atomic E-state index is 11.1. The SMILES string of the molecule is COc1cc(C(CN)C(C)C)cc([N+](=O)[O-])c1OC. The van der Waals surface area contributed by atoms with Crippen LogP contribution in [0.2, 0.25) is 0 Å². The van der Waals surface area contributed by atoms with E-state index in [1.165, 1.54) is 20.3 Å². The number of hydrogen-bond donors (Lipinski definition) is 1. The van der Waals surface area contributed by atoms with Crippen LogP contribution >= 0.6 is 0 Å². The normalized spacial score (nSPS) is 12.3. The average molecular weight is 268 g/mol. The number of ether oxygens (including phenoxy) is 2. The first-order valence-electron chi connectivity index (χ1n) is 6.06. The zero-order chi connectivity index (χ0) is 14.6. The van der Waals surface area contributed by atoms with Crippen molar-refractivity contribution in [1.82, 2.24) is 0 Å². The standard InChI is InChI=1S/C13H20N2O4/c1-8(2)10(7-14)9-5-11(15(16)17)13(19-4)12(6-9)18-3/h5-6,8,10H,7,14H2,1-4H3. The molecule has 0 bridgehead atoms. The third-order valence-electron chi connectivity index (χ3n) is 3.17. The number of nitro benzene ring substituents is 1. The van der Waals surface area contributed by atoms with Gasteiger partial charge >= 0.3 is 5.69 Å². The van der Waals surface area contributed by atoms with Crippen LogP contribution in [0.1, 0.15) is 25.3 Å². The van der Waals surface area contributed by atoms with Gasteiger partial charge in [0.25, 0.3) is 0 Å². The molecule has 1 atom stereocenters. The molecular weight excluding hydrogens is 248 g/mol. The van der Waals surface area contributed by atoms with Crippen molar-refractivity contribution in [3.63, 3.8) is 0 Å². The van der Waals surface area contributed by atoms with E-state index in [9.17, 15) is 10.1 Å². The first-order valence-corrected chi connectivity index (χ1v) is 6.06. The minimum absolute atomic E-state index is 0.0403. The summed E-state index contributed by atoms with van der Waals surface area (Å²) >= 11 is 0. The quantitative estimate of drug-likeness (QED) is 0.631. The highest BCUT2D eigenvalue weighted by atomic mass is 16.6. The summed E-state index contributed by atoms with van der Waals surface area (Å²) in [6.07, 6.45) is 0. The number of benzene rings is 1. The predicted octanol–water partition coefficient (Wildman–Crippen LogP) is 2.31. The Hall–Kier alpha value is -1.82. The van der Waals surface area contributed by atoms with E-state index >= 15 is 0 Å². The monoisotopic (exact) mass is 268 g/mol. The summed E-state index contributed by atoms with van der Waals surface area (Å²) in [6.45, 7) is 4.48. The Kier molecular flexibility index (Phi) is 5.11. The van der Waals surface area contributed by atoms with Gasteiger partial charge in [-0.25, -0.2) is 0 Å². The summed E-state index contributed by atoms with van der Waals surface area (Å²) < 4.78 is 10.2. The second-order valence-electron chi connectivity index (χ2n) is 4.62. The molecule has 0 aromatic heterocycles. The maximum Gasteiger partial charge on any atom is 0.315 e. The van der Waals surface area contributed by atoms with Gasteiger partial charge in [-0.2, -0.15) is 0 Å². The van der Waals surface area contributed by atoms with Gasteiger partial charge < -0.3 is 15.2 Å². The molecule has 6 nitrogen and oxygen atoms in total. The molecule has 1 rings (SSSR count). The first kappa shape index (κ1) is 15.2. The molecule has 0 amide bonds. The van der Waals surface area contributed by atoms with Gasteiger partial charge in [-0.3, -0.25) is 10.1 Å². The molecule has 0 saturated heterocycles. The van der Waals surface area contributed by atoms with Gasteiger partial charge in [-0.15, -0.1) is 0 Å². The van der Waals surface area contributed by atoms with E-state index < -0.39 is 4.92 Å². The Labute approximate surface area is 112 Å². The van der Waals surface area contributed by atoms with E-state index in [0.29, 0.717) is 12.3 Å². The van der Waals surface area contributed by atoms with Crippen LogP contribution in [0.3, 0.4) is 0 Å². The largest absolute Gasteiger partial charge is 0.493 e. The fourth-order valence-corrected chi connectivity index (χ4v) is 2.11. The fraction of sp³-hybridized carbons (Fsp3) is 0.538. The maximum absolute atomic E-state index is 11.1. The molecule has 1 aromatic carbocycles. The molecule has 0 saturated carbocycles. The van der Waals surface area contributed by atoms with Crippen LogP contribution in [0, 0.1) is 16.0 Å². The Bertz CT molecular complexity index is 460. The highest BCUT2D eigenvalue weighted by Gasteiger charge is 2.25. The smallest absolute Gasteiger partial charge is 0.315 e. The molecule has 2 N–H and O–H groups in total. The second-order valence-corrected chi connectivity index (χ2v) is 4.62. The minimum atomic E-state index is -0.473. The number of nitrogens with zero attached hydrogens (tertiary/aromatic N) is 1. The van der Waals surface area contributed by atoms with E-state index in [-0.39, 0.29) is 23.3 Å². The number of rotatable bonds is 6. The Morgan fingerprint density at radius 3 is 2.32 bits per heavy atom. The number of methoxy groups -OCH3 is 2. The summed E-state index contributed by atoms with van der Waals surface area (Å²) in [5.74, 6) is 0.808. The topological polar surface area (TPSA) is 87.6 Å². The molecule has 1 unspecified atom stereocenters. The van der Waals surface area contributed by atoms with Gasteiger partial charge in [-0.1, -0.05) is 13.8 Å². The molecular formula is C13H20N2O4. The molecule has 6 heteroatoms. The second kappa shape index (κ2) is 6.38. The van der Waals surface area contributed by atoms with Crippen molar-refractivity contribution < 1.29 is 14.4 Å². The highest BCUT2D eigenvalue weighted by molar-refractivity contribution is 5.58. The van der Waals surface area contributed by atoms with Gasteiger partial charge in [0.05, 0.1) is 19.1 Å². The van der Waals surface area contributed by atoms with E-state index in [1.54, 1.807) is 6.07 Å². The molecule has 0 aliphatic rings. The van der Waals surface area contributed by atoms with E-state index in [4.69, 9.17) is 15.2 Å². The Morgan fingerprint density at radius 1 is 1.32 bits per heavy atom. The highest BCUT2D eigenvalue weighted by Crippen LogP contribution is 2.40. The van der Waals surface area contributed by atoms with Gasteiger partial charge in [0, 0.05) is 6.07 Å². The Balaban J connectivity index is 3.43. The lowest BCUT2D eigenvalue weighted by Crippen LogP contribution is -2.18. The van der Waals surface area contributed by atoms with Crippen LogP contribution in [0.4, 0.5) is 5.69 Å². The van der Waals surface area contributed by atoms with Crippen LogP contribution in [0.25, 0.3) is 0 Å². The lowest BCUT2D eigenvalue weighted by molar-refractivity contribution is -0.385. The van der Waals surface area contributed by atoms with Crippen LogP contribution in [0.15, 0.2) is 12.1 Å². The van der Waals surface area contributed by atoms with Gasteiger partial charge in [0.2, 0.25) is 5.75 Å². The van der Waals surface area contributed by atoms with Crippen LogP contribution in [0.5, 0.6) is 11.5 Å². The summed E-state index contributed by atoms with van der Waals surface area (Å²) in [7, 11) is 2.84. The van der Waals surface area contributed by atoms with E-state index in [1.807, 2.05) is 13.8 Å². The third-order valence-corrected chi connectivity index (χ3v) is 3.17. The molecule has 0 spiro atoms. The average Bonchev–Trinajstić information content (AvgIpc) is 2.37. The summed E-state index contributed by atoms with van der Waals surface area (Å²) in [5.41, 5.74) is 6.44. The number of nitro groups is 1.